The summed E-state index contributed by atoms with van der Waals surface area (Å²) in [5.41, 5.74) is 1.29. The Morgan fingerprint density at radius 2 is 2.27 bits per heavy atom. The third kappa shape index (κ3) is 2.51. The molecule has 0 radical (unpaired) electrons. The quantitative estimate of drug-likeness (QED) is 0.630. The SMILES string of the molecule is CCOc1cccc(CP)c1. The van der Waals surface area contributed by atoms with Crippen LogP contribution in [0, 0.1) is 0 Å². The van der Waals surface area contributed by atoms with Crippen molar-refractivity contribution >= 4 is 9.24 Å². The van der Waals surface area contributed by atoms with Gasteiger partial charge in [0.15, 0.2) is 0 Å². The van der Waals surface area contributed by atoms with E-state index in [1.54, 1.807) is 0 Å². The van der Waals surface area contributed by atoms with Crippen molar-refractivity contribution in [2.24, 2.45) is 0 Å². The molecule has 0 aromatic heterocycles. The van der Waals surface area contributed by atoms with Crippen molar-refractivity contribution in [1.82, 2.24) is 0 Å². The van der Waals surface area contributed by atoms with Gasteiger partial charge in [-0.25, -0.2) is 0 Å². The van der Waals surface area contributed by atoms with Gasteiger partial charge in [-0.1, -0.05) is 12.1 Å². The van der Waals surface area contributed by atoms with E-state index in [9.17, 15) is 0 Å². The van der Waals surface area contributed by atoms with Crippen molar-refractivity contribution in [2.45, 2.75) is 13.1 Å². The molecule has 2 heteroatoms. The van der Waals surface area contributed by atoms with Crippen molar-refractivity contribution in [3.8, 4) is 5.75 Å². The first kappa shape index (κ1) is 8.55. The fourth-order valence-corrected chi connectivity index (χ4v) is 1.18. The molecular formula is C9H13OP. The van der Waals surface area contributed by atoms with Gasteiger partial charge >= 0.3 is 0 Å². The second-order valence-corrected chi connectivity index (χ2v) is 2.69. The van der Waals surface area contributed by atoms with E-state index in [0.29, 0.717) is 0 Å². The van der Waals surface area contributed by atoms with Crippen molar-refractivity contribution in [3.63, 3.8) is 0 Å². The van der Waals surface area contributed by atoms with Crippen LogP contribution < -0.4 is 4.74 Å². The van der Waals surface area contributed by atoms with E-state index in [0.717, 1.165) is 18.5 Å². The summed E-state index contributed by atoms with van der Waals surface area (Å²) in [5, 5.41) is 0. The Hall–Kier alpha value is -0.550. The molecule has 0 heterocycles. The molecule has 1 aromatic rings. The smallest absolute Gasteiger partial charge is 0.119 e. The summed E-state index contributed by atoms with van der Waals surface area (Å²) in [6.45, 7) is 2.73. The fraction of sp³-hybridized carbons (Fsp3) is 0.333. The summed E-state index contributed by atoms with van der Waals surface area (Å²) in [6.07, 6.45) is 0.987. The maximum atomic E-state index is 5.34. The minimum absolute atomic E-state index is 0.736. The average molecular weight is 168 g/mol. The molecule has 1 aromatic carbocycles. The van der Waals surface area contributed by atoms with E-state index in [1.165, 1.54) is 5.56 Å². The molecule has 0 aliphatic carbocycles. The summed E-state index contributed by atoms with van der Waals surface area (Å²) in [4.78, 5) is 0. The van der Waals surface area contributed by atoms with E-state index in [4.69, 9.17) is 4.74 Å². The third-order valence-electron chi connectivity index (χ3n) is 1.45. The largest absolute Gasteiger partial charge is 0.494 e. The highest BCUT2D eigenvalue weighted by Gasteiger charge is 1.92. The van der Waals surface area contributed by atoms with Crippen LogP contribution in [0.25, 0.3) is 0 Å². The molecule has 0 N–H and O–H groups in total. The van der Waals surface area contributed by atoms with E-state index < -0.39 is 0 Å². The molecule has 1 rings (SSSR count). The number of benzene rings is 1. The van der Waals surface area contributed by atoms with Gasteiger partial charge in [-0.15, -0.1) is 9.24 Å². The van der Waals surface area contributed by atoms with Gasteiger partial charge in [0.1, 0.15) is 5.75 Å². The lowest BCUT2D eigenvalue weighted by molar-refractivity contribution is 0.340. The van der Waals surface area contributed by atoms with Gasteiger partial charge in [-0.05, 0) is 30.8 Å². The van der Waals surface area contributed by atoms with Crippen LogP contribution in [0.5, 0.6) is 5.75 Å². The van der Waals surface area contributed by atoms with Crippen LogP contribution in [-0.2, 0) is 6.16 Å². The minimum atomic E-state index is 0.736. The van der Waals surface area contributed by atoms with E-state index in [2.05, 4.69) is 21.4 Å². The molecule has 0 spiro atoms. The Morgan fingerprint density at radius 1 is 1.45 bits per heavy atom. The van der Waals surface area contributed by atoms with E-state index >= 15 is 0 Å². The normalized spacial score (nSPS) is 9.64. The van der Waals surface area contributed by atoms with Crippen LogP contribution in [0.1, 0.15) is 12.5 Å². The molecule has 0 amide bonds. The monoisotopic (exact) mass is 168 g/mol. The molecule has 0 aliphatic rings. The summed E-state index contributed by atoms with van der Waals surface area (Å²) in [5.74, 6) is 0.965. The Balaban J connectivity index is 2.74. The molecule has 11 heavy (non-hydrogen) atoms. The van der Waals surface area contributed by atoms with Crippen LogP contribution in [0.15, 0.2) is 24.3 Å². The van der Waals surface area contributed by atoms with Crippen molar-refractivity contribution in [2.75, 3.05) is 6.61 Å². The molecule has 0 saturated carbocycles. The lowest BCUT2D eigenvalue weighted by atomic mass is 10.2. The maximum Gasteiger partial charge on any atom is 0.119 e. The topological polar surface area (TPSA) is 9.23 Å². The predicted molar refractivity (Wildman–Crippen MR) is 51.0 cm³/mol. The predicted octanol–water partition coefficient (Wildman–Crippen LogP) is 2.46. The van der Waals surface area contributed by atoms with Crippen molar-refractivity contribution < 1.29 is 4.74 Å². The van der Waals surface area contributed by atoms with Crippen LogP contribution >= 0.6 is 9.24 Å². The molecule has 60 valence electrons. The van der Waals surface area contributed by atoms with Gasteiger partial charge < -0.3 is 4.74 Å². The van der Waals surface area contributed by atoms with Gasteiger partial charge in [-0.3, -0.25) is 0 Å². The second-order valence-electron chi connectivity index (χ2n) is 2.28. The number of hydrogen-bond acceptors (Lipinski definition) is 1. The zero-order chi connectivity index (χ0) is 8.10. The summed E-state index contributed by atoms with van der Waals surface area (Å²) in [7, 11) is 2.70. The Morgan fingerprint density at radius 3 is 2.91 bits per heavy atom. The van der Waals surface area contributed by atoms with Crippen molar-refractivity contribution in [3.05, 3.63) is 29.8 Å². The van der Waals surface area contributed by atoms with E-state index in [-0.39, 0.29) is 0 Å². The van der Waals surface area contributed by atoms with Gasteiger partial charge in [0.05, 0.1) is 6.61 Å². The molecular weight excluding hydrogens is 155 g/mol. The van der Waals surface area contributed by atoms with Gasteiger partial charge in [-0.2, -0.15) is 0 Å². The second kappa shape index (κ2) is 4.35. The standard InChI is InChI=1S/C9H13OP/c1-2-10-9-5-3-4-8(6-9)7-11/h3-6H,2,7,11H2,1H3. The zero-order valence-corrected chi connectivity index (χ0v) is 7.86. The Bertz CT molecular complexity index is 223. The first-order chi connectivity index (χ1) is 5.36. The Kier molecular flexibility index (Phi) is 3.38. The van der Waals surface area contributed by atoms with E-state index in [1.807, 2.05) is 19.1 Å². The molecule has 0 aliphatic heterocycles. The molecule has 1 unspecified atom stereocenters. The lowest BCUT2D eigenvalue weighted by Crippen LogP contribution is -1.91. The maximum absolute atomic E-state index is 5.34. The summed E-state index contributed by atoms with van der Waals surface area (Å²) < 4.78 is 5.34. The number of hydrogen-bond donors (Lipinski definition) is 0. The number of rotatable bonds is 3. The molecule has 0 saturated heterocycles. The van der Waals surface area contributed by atoms with Crippen LogP contribution in [-0.4, -0.2) is 6.61 Å². The van der Waals surface area contributed by atoms with Crippen LogP contribution in [0.4, 0.5) is 0 Å². The highest BCUT2D eigenvalue weighted by Crippen LogP contribution is 2.14. The number of ether oxygens (including phenoxy) is 1. The molecule has 1 atom stereocenters. The van der Waals surface area contributed by atoms with Gasteiger partial charge in [0, 0.05) is 0 Å². The summed E-state index contributed by atoms with van der Waals surface area (Å²) in [6, 6.07) is 8.16. The zero-order valence-electron chi connectivity index (χ0n) is 6.71. The molecule has 1 nitrogen and oxygen atoms in total. The highest BCUT2D eigenvalue weighted by atomic mass is 31.0. The first-order valence-corrected chi connectivity index (χ1v) is 4.60. The highest BCUT2D eigenvalue weighted by molar-refractivity contribution is 7.15. The minimum Gasteiger partial charge on any atom is -0.494 e. The molecule has 0 bridgehead atoms. The third-order valence-corrected chi connectivity index (χ3v) is 1.92. The van der Waals surface area contributed by atoms with Crippen molar-refractivity contribution in [1.29, 1.82) is 0 Å². The molecule has 0 fully saturated rings. The van der Waals surface area contributed by atoms with Gasteiger partial charge in [0.2, 0.25) is 0 Å². The van der Waals surface area contributed by atoms with Crippen LogP contribution in [0.3, 0.4) is 0 Å². The lowest BCUT2D eigenvalue weighted by Gasteiger charge is -2.03. The first-order valence-electron chi connectivity index (χ1n) is 3.78. The van der Waals surface area contributed by atoms with Gasteiger partial charge in [0.25, 0.3) is 0 Å². The Labute approximate surface area is 70.0 Å². The van der Waals surface area contributed by atoms with Crippen LogP contribution in [0.2, 0.25) is 0 Å². The fourth-order valence-electron chi connectivity index (χ4n) is 0.929. The average Bonchev–Trinajstić information content (AvgIpc) is 2.06. The summed E-state index contributed by atoms with van der Waals surface area (Å²) >= 11 is 0.